The van der Waals surface area contributed by atoms with Crippen molar-refractivity contribution in [3.05, 3.63) is 35.1 Å². The van der Waals surface area contributed by atoms with E-state index in [2.05, 4.69) is 12.2 Å². The number of rotatable bonds is 3. The van der Waals surface area contributed by atoms with Crippen LogP contribution in [0.25, 0.3) is 0 Å². The van der Waals surface area contributed by atoms with E-state index in [4.69, 9.17) is 5.26 Å². The third-order valence-corrected chi connectivity index (χ3v) is 3.60. The van der Waals surface area contributed by atoms with Gasteiger partial charge in [-0.1, -0.05) is 19.4 Å². The first-order valence-electron chi connectivity index (χ1n) is 6.12. The first-order valence-corrected chi connectivity index (χ1v) is 6.12. The van der Waals surface area contributed by atoms with Crippen LogP contribution in [-0.2, 0) is 6.54 Å². The van der Waals surface area contributed by atoms with Crippen molar-refractivity contribution in [2.75, 3.05) is 0 Å². The highest BCUT2D eigenvalue weighted by molar-refractivity contribution is 5.32. The molecule has 2 unspecified atom stereocenters. The summed E-state index contributed by atoms with van der Waals surface area (Å²) in [6, 6.07) is 7.10. The molecule has 1 aromatic carbocycles. The Hall–Kier alpha value is -1.40. The number of nitrogens with one attached hydrogen (secondary N) is 1. The molecule has 0 bridgehead atoms. The highest BCUT2D eigenvalue weighted by Crippen LogP contribution is 2.25. The molecule has 1 aliphatic carbocycles. The maximum atomic E-state index is 13.6. The Morgan fingerprint density at radius 3 is 2.88 bits per heavy atom. The van der Waals surface area contributed by atoms with Gasteiger partial charge in [-0.3, -0.25) is 0 Å². The summed E-state index contributed by atoms with van der Waals surface area (Å²) in [5, 5.41) is 12.1. The summed E-state index contributed by atoms with van der Waals surface area (Å²) < 4.78 is 13.6. The number of hydrogen-bond acceptors (Lipinski definition) is 2. The summed E-state index contributed by atoms with van der Waals surface area (Å²) >= 11 is 0. The summed E-state index contributed by atoms with van der Waals surface area (Å²) in [5.41, 5.74) is 1.02. The smallest absolute Gasteiger partial charge is 0.129 e. The zero-order chi connectivity index (χ0) is 12.3. The average molecular weight is 232 g/mol. The predicted octanol–water partition coefficient (Wildman–Crippen LogP) is 2.98. The molecule has 1 aromatic rings. The molecule has 0 radical (unpaired) electrons. The van der Waals surface area contributed by atoms with Crippen molar-refractivity contribution >= 4 is 0 Å². The number of nitriles is 1. The van der Waals surface area contributed by atoms with Crippen LogP contribution in [0.3, 0.4) is 0 Å². The Morgan fingerprint density at radius 2 is 2.29 bits per heavy atom. The Kier molecular flexibility index (Phi) is 3.75. The van der Waals surface area contributed by atoms with Gasteiger partial charge in [-0.2, -0.15) is 5.26 Å². The Bertz CT molecular complexity index is 436. The summed E-state index contributed by atoms with van der Waals surface area (Å²) in [6.45, 7) is 2.78. The maximum Gasteiger partial charge on any atom is 0.129 e. The molecule has 0 aliphatic heterocycles. The van der Waals surface area contributed by atoms with Crippen LogP contribution in [0.15, 0.2) is 18.2 Å². The molecule has 0 heterocycles. The zero-order valence-corrected chi connectivity index (χ0v) is 10.0. The van der Waals surface area contributed by atoms with Crippen LogP contribution in [0.2, 0.25) is 0 Å². The van der Waals surface area contributed by atoms with Gasteiger partial charge < -0.3 is 5.32 Å². The fourth-order valence-corrected chi connectivity index (χ4v) is 2.45. The van der Waals surface area contributed by atoms with Gasteiger partial charge >= 0.3 is 0 Å². The zero-order valence-electron chi connectivity index (χ0n) is 10.0. The minimum Gasteiger partial charge on any atom is -0.310 e. The number of hydrogen-bond donors (Lipinski definition) is 1. The van der Waals surface area contributed by atoms with Gasteiger partial charge in [-0.25, -0.2) is 4.39 Å². The lowest BCUT2D eigenvalue weighted by Gasteiger charge is -2.17. The van der Waals surface area contributed by atoms with Gasteiger partial charge in [0.05, 0.1) is 11.6 Å². The molecule has 17 heavy (non-hydrogen) atoms. The van der Waals surface area contributed by atoms with Gasteiger partial charge in [0, 0.05) is 18.2 Å². The lowest BCUT2D eigenvalue weighted by atomic mass is 10.1. The standard InChI is InChI=1S/C14H17FN2/c1-10-3-2-4-14(10)17-9-12-6-5-11(8-16)7-13(12)15/h5-7,10,14,17H,2-4,9H2,1H3. The molecule has 1 N–H and O–H groups in total. The van der Waals surface area contributed by atoms with Gasteiger partial charge in [0.25, 0.3) is 0 Å². The molecule has 2 atom stereocenters. The maximum absolute atomic E-state index is 13.6. The fourth-order valence-electron chi connectivity index (χ4n) is 2.45. The second kappa shape index (κ2) is 5.29. The Morgan fingerprint density at radius 1 is 1.47 bits per heavy atom. The van der Waals surface area contributed by atoms with E-state index in [0.717, 1.165) is 0 Å². The van der Waals surface area contributed by atoms with E-state index in [-0.39, 0.29) is 5.82 Å². The van der Waals surface area contributed by atoms with E-state index < -0.39 is 0 Å². The molecule has 0 amide bonds. The van der Waals surface area contributed by atoms with Gasteiger partial charge in [-0.05, 0) is 30.9 Å². The highest BCUT2D eigenvalue weighted by atomic mass is 19.1. The predicted molar refractivity (Wildman–Crippen MR) is 64.8 cm³/mol. The van der Waals surface area contributed by atoms with Gasteiger partial charge in [0.2, 0.25) is 0 Å². The van der Waals surface area contributed by atoms with Crippen LogP contribution in [0.5, 0.6) is 0 Å². The topological polar surface area (TPSA) is 35.8 Å². The van der Waals surface area contributed by atoms with Gasteiger partial charge in [0.15, 0.2) is 0 Å². The first-order chi connectivity index (χ1) is 8.20. The molecule has 0 aromatic heterocycles. The molecule has 1 fully saturated rings. The summed E-state index contributed by atoms with van der Waals surface area (Å²) in [6.07, 6.45) is 3.70. The average Bonchev–Trinajstić information content (AvgIpc) is 2.73. The van der Waals surface area contributed by atoms with Crippen molar-refractivity contribution in [3.63, 3.8) is 0 Å². The molecule has 0 saturated heterocycles. The molecule has 2 nitrogen and oxygen atoms in total. The molecule has 90 valence electrons. The molecular formula is C14H17FN2. The van der Waals surface area contributed by atoms with E-state index in [1.165, 1.54) is 25.3 Å². The van der Waals surface area contributed by atoms with E-state index in [0.29, 0.717) is 29.6 Å². The van der Waals surface area contributed by atoms with Crippen molar-refractivity contribution in [2.24, 2.45) is 5.92 Å². The SMILES string of the molecule is CC1CCCC1NCc1ccc(C#N)cc1F. The Labute approximate surface area is 101 Å². The van der Waals surface area contributed by atoms with E-state index >= 15 is 0 Å². The van der Waals surface area contributed by atoms with Crippen LogP contribution in [0.1, 0.15) is 37.3 Å². The highest BCUT2D eigenvalue weighted by Gasteiger charge is 2.22. The lowest BCUT2D eigenvalue weighted by Crippen LogP contribution is -2.30. The molecular weight excluding hydrogens is 215 g/mol. The minimum absolute atomic E-state index is 0.290. The van der Waals surface area contributed by atoms with Crippen molar-refractivity contribution < 1.29 is 4.39 Å². The monoisotopic (exact) mass is 232 g/mol. The third kappa shape index (κ3) is 2.83. The quantitative estimate of drug-likeness (QED) is 0.869. The van der Waals surface area contributed by atoms with Gasteiger partial charge in [-0.15, -0.1) is 0 Å². The van der Waals surface area contributed by atoms with Crippen LogP contribution >= 0.6 is 0 Å². The summed E-state index contributed by atoms with van der Waals surface area (Å²) in [5.74, 6) is 0.388. The summed E-state index contributed by atoms with van der Waals surface area (Å²) in [7, 11) is 0. The molecule has 1 saturated carbocycles. The van der Waals surface area contributed by atoms with Crippen LogP contribution in [-0.4, -0.2) is 6.04 Å². The second-order valence-corrected chi connectivity index (χ2v) is 4.81. The van der Waals surface area contributed by atoms with Crippen molar-refractivity contribution in [3.8, 4) is 6.07 Å². The van der Waals surface area contributed by atoms with Crippen LogP contribution in [0, 0.1) is 23.1 Å². The van der Waals surface area contributed by atoms with Crippen molar-refractivity contribution in [1.29, 1.82) is 5.26 Å². The Balaban J connectivity index is 1.97. The van der Waals surface area contributed by atoms with Crippen molar-refractivity contribution in [1.82, 2.24) is 5.32 Å². The number of nitrogens with zero attached hydrogens (tertiary/aromatic N) is 1. The number of halogens is 1. The summed E-state index contributed by atoms with van der Waals surface area (Å²) in [4.78, 5) is 0. The number of benzene rings is 1. The third-order valence-electron chi connectivity index (χ3n) is 3.60. The van der Waals surface area contributed by atoms with Gasteiger partial charge in [0.1, 0.15) is 5.82 Å². The van der Waals surface area contributed by atoms with E-state index in [1.54, 1.807) is 12.1 Å². The molecule has 3 heteroatoms. The lowest BCUT2D eigenvalue weighted by molar-refractivity contribution is 0.421. The first kappa shape index (κ1) is 12.1. The normalized spacial score (nSPS) is 23.6. The minimum atomic E-state index is -0.290. The molecule has 2 rings (SSSR count). The van der Waals surface area contributed by atoms with Crippen molar-refractivity contribution in [2.45, 2.75) is 38.8 Å². The fraction of sp³-hybridized carbons (Fsp3) is 0.500. The molecule has 0 spiro atoms. The second-order valence-electron chi connectivity index (χ2n) is 4.81. The largest absolute Gasteiger partial charge is 0.310 e. The van der Waals surface area contributed by atoms with E-state index in [1.807, 2.05) is 6.07 Å². The van der Waals surface area contributed by atoms with Crippen LogP contribution < -0.4 is 5.32 Å². The van der Waals surface area contributed by atoms with Crippen LogP contribution in [0.4, 0.5) is 4.39 Å². The molecule has 1 aliphatic rings. The van der Waals surface area contributed by atoms with E-state index in [9.17, 15) is 4.39 Å².